The zero-order chi connectivity index (χ0) is 18.8. The van der Waals surface area contributed by atoms with Crippen molar-refractivity contribution >= 4 is 18.5 Å². The zero-order valence-electron chi connectivity index (χ0n) is 16.3. The van der Waals surface area contributed by atoms with Gasteiger partial charge in [0.1, 0.15) is 5.75 Å². The molecule has 0 aromatic heterocycles. The summed E-state index contributed by atoms with van der Waals surface area (Å²) in [4.78, 5) is 12.1. The Balaban J connectivity index is 1.55. The topological polar surface area (TPSA) is 56.8 Å². The highest BCUT2D eigenvalue weighted by atomic mass is 16.7. The van der Waals surface area contributed by atoms with Crippen LogP contribution in [0.3, 0.4) is 0 Å². The Labute approximate surface area is 156 Å². The van der Waals surface area contributed by atoms with Crippen molar-refractivity contribution in [2.45, 2.75) is 77.0 Å². The van der Waals surface area contributed by atoms with Crippen LogP contribution in [0, 0.1) is 0 Å². The normalized spacial score (nSPS) is 22.2. The molecule has 26 heavy (non-hydrogen) atoms. The second-order valence-corrected chi connectivity index (χ2v) is 8.35. The van der Waals surface area contributed by atoms with Crippen LogP contribution in [-0.2, 0) is 14.1 Å². The Morgan fingerprint density at radius 2 is 1.81 bits per heavy atom. The molecule has 1 saturated heterocycles. The summed E-state index contributed by atoms with van der Waals surface area (Å²) in [5, 5.41) is 3.07. The van der Waals surface area contributed by atoms with Crippen molar-refractivity contribution in [2.75, 3.05) is 6.61 Å². The van der Waals surface area contributed by atoms with Gasteiger partial charge < -0.3 is 19.4 Å². The predicted molar refractivity (Wildman–Crippen MR) is 103 cm³/mol. The van der Waals surface area contributed by atoms with Crippen molar-refractivity contribution in [3.05, 3.63) is 24.3 Å². The Morgan fingerprint density at radius 1 is 1.15 bits per heavy atom. The minimum atomic E-state index is -0.431. The van der Waals surface area contributed by atoms with Gasteiger partial charge in [-0.2, -0.15) is 0 Å². The summed E-state index contributed by atoms with van der Waals surface area (Å²) in [6, 6.07) is 7.89. The molecule has 1 N–H and O–H groups in total. The quantitative estimate of drug-likeness (QED) is 0.822. The summed E-state index contributed by atoms with van der Waals surface area (Å²) < 4.78 is 17.8. The SMILES string of the molecule is CC1(C)OB(c2cccc(OCC(=O)NC3CCCCC3)c2)OC1(C)C. The first kappa shape index (κ1) is 19.2. The van der Waals surface area contributed by atoms with Crippen LogP contribution in [0.2, 0.25) is 0 Å². The minimum Gasteiger partial charge on any atom is -0.484 e. The van der Waals surface area contributed by atoms with Gasteiger partial charge in [-0.3, -0.25) is 4.79 Å². The lowest BCUT2D eigenvalue weighted by molar-refractivity contribution is -0.124. The van der Waals surface area contributed by atoms with Gasteiger partial charge in [-0.15, -0.1) is 0 Å². The van der Waals surface area contributed by atoms with E-state index in [0.29, 0.717) is 11.8 Å². The van der Waals surface area contributed by atoms with Crippen molar-refractivity contribution in [2.24, 2.45) is 0 Å². The molecular formula is C20H30BNO4. The summed E-state index contributed by atoms with van der Waals surface area (Å²) in [7, 11) is -0.431. The first-order valence-corrected chi connectivity index (χ1v) is 9.65. The maximum atomic E-state index is 12.1. The summed E-state index contributed by atoms with van der Waals surface area (Å²) in [6.07, 6.45) is 5.81. The molecule has 1 aromatic carbocycles. The Kier molecular flexibility index (Phi) is 5.63. The van der Waals surface area contributed by atoms with Crippen LogP contribution in [0.15, 0.2) is 24.3 Å². The van der Waals surface area contributed by atoms with Crippen LogP contribution >= 0.6 is 0 Å². The van der Waals surface area contributed by atoms with Crippen LogP contribution in [0.5, 0.6) is 5.75 Å². The fourth-order valence-electron chi connectivity index (χ4n) is 3.40. The summed E-state index contributed by atoms with van der Waals surface area (Å²) >= 11 is 0. The van der Waals surface area contributed by atoms with Crippen LogP contribution in [0.4, 0.5) is 0 Å². The second kappa shape index (κ2) is 7.61. The zero-order valence-corrected chi connectivity index (χ0v) is 16.3. The van der Waals surface area contributed by atoms with Gasteiger partial charge in [0.25, 0.3) is 5.91 Å². The number of hydrogen-bond donors (Lipinski definition) is 1. The van der Waals surface area contributed by atoms with E-state index in [1.165, 1.54) is 19.3 Å². The monoisotopic (exact) mass is 359 g/mol. The maximum Gasteiger partial charge on any atom is 0.494 e. The van der Waals surface area contributed by atoms with E-state index in [-0.39, 0.29) is 23.7 Å². The van der Waals surface area contributed by atoms with E-state index in [4.69, 9.17) is 14.0 Å². The van der Waals surface area contributed by atoms with Crippen molar-refractivity contribution in [3.8, 4) is 5.75 Å². The van der Waals surface area contributed by atoms with Gasteiger partial charge in [-0.1, -0.05) is 31.4 Å². The minimum absolute atomic E-state index is 0.0311. The van der Waals surface area contributed by atoms with Gasteiger partial charge in [0, 0.05) is 6.04 Å². The van der Waals surface area contributed by atoms with E-state index < -0.39 is 7.12 Å². The third-order valence-electron chi connectivity index (χ3n) is 5.72. The summed E-state index contributed by atoms with van der Waals surface area (Å²) in [5.74, 6) is 0.592. The number of amides is 1. The lowest BCUT2D eigenvalue weighted by Crippen LogP contribution is -2.41. The van der Waals surface area contributed by atoms with Crippen LogP contribution in [-0.4, -0.2) is 36.9 Å². The van der Waals surface area contributed by atoms with E-state index in [1.807, 2.05) is 52.0 Å². The summed E-state index contributed by atoms with van der Waals surface area (Å²) in [6.45, 7) is 8.15. The molecule has 0 unspecified atom stereocenters. The molecule has 0 radical (unpaired) electrons. The van der Waals surface area contributed by atoms with Gasteiger partial charge in [0.05, 0.1) is 11.2 Å². The highest BCUT2D eigenvalue weighted by Crippen LogP contribution is 2.36. The van der Waals surface area contributed by atoms with Crippen molar-refractivity contribution in [1.82, 2.24) is 5.32 Å². The average molecular weight is 359 g/mol. The van der Waals surface area contributed by atoms with Gasteiger partial charge in [-0.05, 0) is 58.1 Å². The molecule has 6 heteroatoms. The molecule has 2 fully saturated rings. The number of hydrogen-bond acceptors (Lipinski definition) is 4. The van der Waals surface area contributed by atoms with Crippen LogP contribution in [0.25, 0.3) is 0 Å². The molecule has 5 nitrogen and oxygen atoms in total. The first-order valence-electron chi connectivity index (χ1n) is 9.65. The Hall–Kier alpha value is -1.53. The molecule has 1 amide bonds. The third kappa shape index (κ3) is 4.41. The second-order valence-electron chi connectivity index (χ2n) is 8.35. The highest BCUT2D eigenvalue weighted by molar-refractivity contribution is 6.62. The van der Waals surface area contributed by atoms with Crippen LogP contribution < -0.4 is 15.5 Å². The number of carbonyl (C=O) groups excluding carboxylic acids is 1. The lowest BCUT2D eigenvalue weighted by atomic mass is 9.79. The smallest absolute Gasteiger partial charge is 0.484 e. The number of rotatable bonds is 5. The average Bonchev–Trinajstić information content (AvgIpc) is 2.82. The molecule has 3 rings (SSSR count). The van der Waals surface area contributed by atoms with Crippen molar-refractivity contribution in [3.63, 3.8) is 0 Å². The van der Waals surface area contributed by atoms with E-state index in [0.717, 1.165) is 18.3 Å². The van der Waals surface area contributed by atoms with E-state index in [1.54, 1.807) is 0 Å². The number of carbonyl (C=O) groups is 1. The fourth-order valence-corrected chi connectivity index (χ4v) is 3.40. The van der Waals surface area contributed by atoms with Crippen molar-refractivity contribution < 1.29 is 18.8 Å². The van der Waals surface area contributed by atoms with Gasteiger partial charge in [0.2, 0.25) is 0 Å². The molecule has 1 saturated carbocycles. The third-order valence-corrected chi connectivity index (χ3v) is 5.72. The Morgan fingerprint density at radius 3 is 2.46 bits per heavy atom. The molecule has 0 atom stereocenters. The van der Waals surface area contributed by atoms with E-state index >= 15 is 0 Å². The number of ether oxygens (including phenoxy) is 1. The molecule has 1 aliphatic carbocycles. The molecule has 0 bridgehead atoms. The predicted octanol–water partition coefficient (Wildman–Crippen LogP) is 2.81. The van der Waals surface area contributed by atoms with Crippen LogP contribution in [0.1, 0.15) is 59.8 Å². The molecule has 142 valence electrons. The highest BCUT2D eigenvalue weighted by Gasteiger charge is 2.51. The van der Waals surface area contributed by atoms with Crippen molar-refractivity contribution in [1.29, 1.82) is 0 Å². The molecule has 0 spiro atoms. The maximum absolute atomic E-state index is 12.1. The van der Waals surface area contributed by atoms with Gasteiger partial charge in [-0.25, -0.2) is 0 Å². The number of benzene rings is 1. The molecule has 2 aliphatic rings. The summed E-state index contributed by atoms with van der Waals surface area (Å²) in [5.41, 5.74) is 0.136. The van der Waals surface area contributed by atoms with Gasteiger partial charge in [0.15, 0.2) is 6.61 Å². The lowest BCUT2D eigenvalue weighted by Gasteiger charge is -2.32. The van der Waals surface area contributed by atoms with E-state index in [2.05, 4.69) is 5.32 Å². The van der Waals surface area contributed by atoms with Gasteiger partial charge >= 0.3 is 7.12 Å². The largest absolute Gasteiger partial charge is 0.494 e. The molecule has 1 heterocycles. The molecular weight excluding hydrogens is 329 g/mol. The first-order chi connectivity index (χ1) is 12.3. The number of nitrogens with one attached hydrogen (secondary N) is 1. The fraction of sp³-hybridized carbons (Fsp3) is 0.650. The standard InChI is InChI=1S/C20H30BNO4/c1-19(2)20(3,4)26-21(25-19)15-9-8-12-17(13-15)24-14-18(23)22-16-10-6-5-7-11-16/h8-9,12-13,16H,5-7,10-11,14H2,1-4H3,(H,22,23). The molecule has 1 aromatic rings. The molecule has 1 aliphatic heterocycles. The Bertz CT molecular complexity index is 624. The van der Waals surface area contributed by atoms with E-state index in [9.17, 15) is 4.79 Å².